The van der Waals surface area contributed by atoms with Crippen LogP contribution < -0.4 is 10.1 Å². The molecule has 3 nitrogen and oxygen atoms in total. The fraction of sp³-hybridized carbons (Fsp3) is 0.462. The van der Waals surface area contributed by atoms with Gasteiger partial charge >= 0.3 is 0 Å². The Morgan fingerprint density at radius 1 is 1.33 bits per heavy atom. The van der Waals surface area contributed by atoms with Crippen molar-refractivity contribution in [1.82, 2.24) is 4.90 Å². The summed E-state index contributed by atoms with van der Waals surface area (Å²) in [6, 6.07) is 5.47. The molecule has 0 amide bonds. The average Bonchev–Trinajstić information content (AvgIpc) is 2.40. The maximum Gasteiger partial charge on any atom is 0.173 e. The summed E-state index contributed by atoms with van der Waals surface area (Å²) in [7, 11) is 1.64. The Balaban J connectivity index is 2.07. The van der Waals surface area contributed by atoms with Crippen LogP contribution >= 0.6 is 23.8 Å². The largest absolute Gasteiger partial charge is 0.495 e. The predicted molar refractivity (Wildman–Crippen MR) is 79.6 cm³/mol. The number of rotatable bonds is 2. The second-order valence-corrected chi connectivity index (χ2v) is 5.15. The molecule has 1 heterocycles. The molecule has 1 aromatic carbocycles. The van der Waals surface area contributed by atoms with Gasteiger partial charge in [0.1, 0.15) is 5.75 Å². The normalized spacial score (nSPS) is 15.3. The number of piperidine rings is 1. The van der Waals surface area contributed by atoms with Crippen LogP contribution in [-0.2, 0) is 0 Å². The third-order valence-electron chi connectivity index (χ3n) is 3.05. The fourth-order valence-corrected chi connectivity index (χ4v) is 2.53. The average molecular weight is 285 g/mol. The zero-order valence-electron chi connectivity index (χ0n) is 10.4. The van der Waals surface area contributed by atoms with Crippen LogP contribution in [0.2, 0.25) is 5.02 Å². The van der Waals surface area contributed by atoms with Crippen molar-refractivity contribution in [1.29, 1.82) is 0 Å². The number of thiocarbonyl (C=S) groups is 1. The molecule has 98 valence electrons. The summed E-state index contributed by atoms with van der Waals surface area (Å²) in [5.41, 5.74) is 0.820. The second-order valence-electron chi connectivity index (χ2n) is 4.32. The van der Waals surface area contributed by atoms with Crippen molar-refractivity contribution >= 4 is 34.6 Å². The molecule has 0 unspecified atom stereocenters. The summed E-state index contributed by atoms with van der Waals surface area (Å²) < 4.78 is 5.29. The molecule has 0 aliphatic carbocycles. The Bertz CT molecular complexity index is 433. The molecule has 0 atom stereocenters. The summed E-state index contributed by atoms with van der Waals surface area (Å²) in [6.07, 6.45) is 3.70. The number of methoxy groups -OCH3 is 1. The molecular formula is C13H17ClN2OS. The predicted octanol–water partition coefficient (Wildman–Crippen LogP) is 3.53. The van der Waals surface area contributed by atoms with Gasteiger partial charge in [-0.05, 0) is 49.7 Å². The van der Waals surface area contributed by atoms with Gasteiger partial charge in [-0.2, -0.15) is 0 Å². The van der Waals surface area contributed by atoms with Crippen molar-refractivity contribution in [3.05, 3.63) is 23.2 Å². The molecule has 1 aromatic rings. The first-order valence-corrected chi connectivity index (χ1v) is 6.89. The molecule has 1 fully saturated rings. The number of likely N-dealkylation sites (tertiary alicyclic amines) is 1. The molecule has 5 heteroatoms. The van der Waals surface area contributed by atoms with Gasteiger partial charge in [-0.1, -0.05) is 11.6 Å². The van der Waals surface area contributed by atoms with Gasteiger partial charge in [0.05, 0.1) is 12.8 Å². The van der Waals surface area contributed by atoms with Crippen molar-refractivity contribution in [2.75, 3.05) is 25.5 Å². The number of benzene rings is 1. The minimum absolute atomic E-state index is 0.666. The quantitative estimate of drug-likeness (QED) is 0.840. The van der Waals surface area contributed by atoms with Crippen molar-refractivity contribution < 1.29 is 4.74 Å². The van der Waals surface area contributed by atoms with Crippen molar-refractivity contribution in [3.63, 3.8) is 0 Å². The molecule has 2 rings (SSSR count). The Labute approximate surface area is 118 Å². The third kappa shape index (κ3) is 3.27. The standard InChI is InChI=1S/C13H17ClN2OS/c1-17-12-6-5-10(14)9-11(12)15-13(18)16-7-3-2-4-8-16/h5-6,9H,2-4,7-8H2,1H3,(H,15,18). The number of hydrogen-bond donors (Lipinski definition) is 1. The lowest BCUT2D eigenvalue weighted by atomic mass is 10.1. The third-order valence-corrected chi connectivity index (χ3v) is 3.64. The summed E-state index contributed by atoms with van der Waals surface area (Å²) in [5, 5.41) is 4.63. The molecule has 18 heavy (non-hydrogen) atoms. The Hall–Kier alpha value is -1.00. The van der Waals surface area contributed by atoms with Gasteiger partial charge in [-0.25, -0.2) is 0 Å². The van der Waals surface area contributed by atoms with Gasteiger partial charge < -0.3 is 15.0 Å². The van der Waals surface area contributed by atoms with E-state index in [0.717, 1.165) is 29.6 Å². The molecule has 0 bridgehead atoms. The highest BCUT2D eigenvalue weighted by molar-refractivity contribution is 7.80. The first kappa shape index (κ1) is 13.4. The van der Waals surface area contributed by atoms with Gasteiger partial charge in [-0.3, -0.25) is 0 Å². The lowest BCUT2D eigenvalue weighted by molar-refractivity contribution is 0.346. The number of hydrogen-bond acceptors (Lipinski definition) is 2. The van der Waals surface area contributed by atoms with Crippen molar-refractivity contribution in [2.24, 2.45) is 0 Å². The molecule has 1 aliphatic heterocycles. The Kier molecular flexibility index (Phi) is 4.66. The van der Waals surface area contributed by atoms with E-state index >= 15 is 0 Å². The number of halogens is 1. The van der Waals surface area contributed by atoms with Crippen LogP contribution in [-0.4, -0.2) is 30.2 Å². The smallest absolute Gasteiger partial charge is 0.173 e. The summed E-state index contributed by atoms with van der Waals surface area (Å²) in [4.78, 5) is 2.19. The van der Waals surface area contributed by atoms with Gasteiger partial charge in [-0.15, -0.1) is 0 Å². The molecule has 0 aromatic heterocycles. The number of ether oxygens (including phenoxy) is 1. The first-order chi connectivity index (χ1) is 8.70. The van der Waals surface area contributed by atoms with Crippen molar-refractivity contribution in [2.45, 2.75) is 19.3 Å². The zero-order valence-corrected chi connectivity index (χ0v) is 12.0. The van der Waals surface area contributed by atoms with E-state index in [1.165, 1.54) is 19.3 Å². The minimum Gasteiger partial charge on any atom is -0.495 e. The molecule has 0 saturated carbocycles. The number of nitrogens with one attached hydrogen (secondary N) is 1. The van der Waals surface area contributed by atoms with Crippen LogP contribution in [0.4, 0.5) is 5.69 Å². The van der Waals surface area contributed by atoms with Crippen LogP contribution in [0.5, 0.6) is 5.75 Å². The topological polar surface area (TPSA) is 24.5 Å². The van der Waals surface area contributed by atoms with Gasteiger partial charge in [0, 0.05) is 18.1 Å². The highest BCUT2D eigenvalue weighted by atomic mass is 35.5. The lowest BCUT2D eigenvalue weighted by Gasteiger charge is -2.29. The van der Waals surface area contributed by atoms with E-state index in [9.17, 15) is 0 Å². The molecular weight excluding hydrogens is 268 g/mol. The van der Waals surface area contributed by atoms with Crippen molar-refractivity contribution in [3.8, 4) is 5.75 Å². The first-order valence-electron chi connectivity index (χ1n) is 6.10. The highest BCUT2D eigenvalue weighted by Gasteiger charge is 2.14. The maximum atomic E-state index is 5.99. The lowest BCUT2D eigenvalue weighted by Crippen LogP contribution is -2.38. The van der Waals surface area contributed by atoms with E-state index < -0.39 is 0 Å². The fourth-order valence-electron chi connectivity index (χ4n) is 2.07. The molecule has 0 radical (unpaired) electrons. The molecule has 1 N–H and O–H groups in total. The van der Waals surface area contributed by atoms with Gasteiger partial charge in [0.25, 0.3) is 0 Å². The van der Waals surface area contributed by atoms with Crippen LogP contribution in [0.1, 0.15) is 19.3 Å². The van der Waals surface area contributed by atoms with Gasteiger partial charge in [0.15, 0.2) is 5.11 Å². The van der Waals surface area contributed by atoms with Crippen LogP contribution in [0.25, 0.3) is 0 Å². The number of nitrogens with zero attached hydrogens (tertiary/aromatic N) is 1. The van der Waals surface area contributed by atoms with E-state index in [1.54, 1.807) is 13.2 Å². The van der Waals surface area contributed by atoms with E-state index in [-0.39, 0.29) is 0 Å². The molecule has 1 aliphatic rings. The summed E-state index contributed by atoms with van der Waals surface area (Å²) >= 11 is 11.4. The van der Waals surface area contributed by atoms with Crippen LogP contribution in [0, 0.1) is 0 Å². The minimum atomic E-state index is 0.666. The Morgan fingerprint density at radius 2 is 2.06 bits per heavy atom. The summed E-state index contributed by atoms with van der Waals surface area (Å²) in [5.74, 6) is 0.749. The van der Waals surface area contributed by atoms with E-state index in [4.69, 9.17) is 28.6 Å². The van der Waals surface area contributed by atoms with E-state index in [1.807, 2.05) is 12.1 Å². The highest BCUT2D eigenvalue weighted by Crippen LogP contribution is 2.28. The van der Waals surface area contributed by atoms with E-state index in [0.29, 0.717) is 5.02 Å². The van der Waals surface area contributed by atoms with Gasteiger partial charge in [0.2, 0.25) is 0 Å². The monoisotopic (exact) mass is 284 g/mol. The molecule has 1 saturated heterocycles. The Morgan fingerprint density at radius 3 is 2.72 bits per heavy atom. The SMILES string of the molecule is COc1ccc(Cl)cc1NC(=S)N1CCCCC1. The summed E-state index contributed by atoms with van der Waals surface area (Å²) in [6.45, 7) is 2.05. The zero-order chi connectivity index (χ0) is 13.0. The van der Waals surface area contributed by atoms with Crippen LogP contribution in [0.15, 0.2) is 18.2 Å². The number of anilines is 1. The molecule has 0 spiro atoms. The second kappa shape index (κ2) is 6.25. The van der Waals surface area contributed by atoms with E-state index in [2.05, 4.69) is 10.2 Å². The maximum absolute atomic E-state index is 5.99. The van der Waals surface area contributed by atoms with Crippen LogP contribution in [0.3, 0.4) is 0 Å².